The molecule has 2 N–H and O–H groups in total. The molecular weight excluding hydrogens is 239 g/mol. The predicted molar refractivity (Wildman–Crippen MR) is 69.9 cm³/mol. The van der Waals surface area contributed by atoms with E-state index in [2.05, 4.69) is 18.7 Å². The van der Waals surface area contributed by atoms with Crippen LogP contribution in [0.25, 0.3) is 0 Å². The fourth-order valence-electron chi connectivity index (χ4n) is 1.52. The smallest absolute Gasteiger partial charge is 0.147 e. The van der Waals surface area contributed by atoms with Crippen LogP contribution in [0.3, 0.4) is 0 Å². The van der Waals surface area contributed by atoms with E-state index in [9.17, 15) is 8.60 Å². The molecule has 5 heteroatoms. The number of benzene rings is 1. The van der Waals surface area contributed by atoms with Gasteiger partial charge in [-0.2, -0.15) is 0 Å². The number of hydrogen-bond acceptors (Lipinski definition) is 3. The highest BCUT2D eigenvalue weighted by Gasteiger charge is 2.08. The minimum Gasteiger partial charge on any atom is -0.396 e. The minimum absolute atomic E-state index is 0.0921. The highest BCUT2D eigenvalue weighted by atomic mass is 32.2. The number of nitrogens with zero attached hydrogens (tertiary/aromatic N) is 1. The Kier molecular flexibility index (Phi) is 5.58. The van der Waals surface area contributed by atoms with Crippen molar-refractivity contribution in [1.29, 1.82) is 0 Å². The first-order valence-electron chi connectivity index (χ1n) is 5.74. The van der Waals surface area contributed by atoms with Crippen molar-refractivity contribution in [3.63, 3.8) is 0 Å². The Labute approximate surface area is 104 Å². The van der Waals surface area contributed by atoms with E-state index in [0.29, 0.717) is 10.6 Å². The summed E-state index contributed by atoms with van der Waals surface area (Å²) in [6.45, 7) is 6.75. The number of halogens is 1. The standard InChI is InChI=1S/C12H19FN2OS/c1-3-15(4-2)7-8-17(16)10-5-6-12(14)11(13)9-10/h5-6,9H,3-4,7-8,14H2,1-2H3. The van der Waals surface area contributed by atoms with Crippen molar-refractivity contribution in [2.45, 2.75) is 18.7 Å². The van der Waals surface area contributed by atoms with Crippen LogP contribution in [0.2, 0.25) is 0 Å². The first kappa shape index (κ1) is 14.1. The first-order chi connectivity index (χ1) is 8.08. The molecule has 0 amide bonds. The van der Waals surface area contributed by atoms with E-state index in [-0.39, 0.29) is 5.69 Å². The summed E-state index contributed by atoms with van der Waals surface area (Å²) < 4.78 is 25.1. The highest BCUT2D eigenvalue weighted by Crippen LogP contribution is 2.15. The van der Waals surface area contributed by atoms with Gasteiger partial charge in [0, 0.05) is 17.2 Å². The molecule has 0 saturated heterocycles. The summed E-state index contributed by atoms with van der Waals surface area (Å²) in [6.07, 6.45) is 0. The van der Waals surface area contributed by atoms with Crippen molar-refractivity contribution in [2.75, 3.05) is 31.1 Å². The van der Waals surface area contributed by atoms with Gasteiger partial charge in [0.15, 0.2) is 0 Å². The van der Waals surface area contributed by atoms with E-state index < -0.39 is 16.6 Å². The van der Waals surface area contributed by atoms with Crippen LogP contribution in [0.1, 0.15) is 13.8 Å². The number of nitrogens with two attached hydrogens (primary N) is 1. The number of rotatable bonds is 6. The van der Waals surface area contributed by atoms with Gasteiger partial charge in [0.2, 0.25) is 0 Å². The molecule has 0 fully saturated rings. The third-order valence-corrected chi connectivity index (χ3v) is 4.06. The van der Waals surface area contributed by atoms with Gasteiger partial charge in [0.25, 0.3) is 0 Å². The second-order valence-electron chi connectivity index (χ2n) is 3.76. The van der Waals surface area contributed by atoms with Gasteiger partial charge < -0.3 is 10.6 Å². The molecule has 1 aromatic carbocycles. The normalized spacial score (nSPS) is 12.9. The Balaban J connectivity index is 2.61. The molecule has 1 atom stereocenters. The van der Waals surface area contributed by atoms with Crippen LogP contribution in [0.15, 0.2) is 23.1 Å². The Morgan fingerprint density at radius 1 is 1.35 bits per heavy atom. The quantitative estimate of drug-likeness (QED) is 0.792. The number of hydrogen-bond donors (Lipinski definition) is 1. The van der Waals surface area contributed by atoms with Crippen LogP contribution in [0, 0.1) is 5.82 Å². The largest absolute Gasteiger partial charge is 0.396 e. The molecule has 17 heavy (non-hydrogen) atoms. The molecule has 0 saturated carbocycles. The predicted octanol–water partition coefficient (Wildman–Crippen LogP) is 1.86. The molecule has 0 spiro atoms. The first-order valence-corrected chi connectivity index (χ1v) is 7.06. The number of nitrogen functional groups attached to an aromatic ring is 1. The molecule has 1 aromatic rings. The lowest BCUT2D eigenvalue weighted by molar-refractivity contribution is 0.323. The Morgan fingerprint density at radius 2 is 2.00 bits per heavy atom. The minimum atomic E-state index is -1.16. The van der Waals surface area contributed by atoms with Crippen LogP contribution in [0.5, 0.6) is 0 Å². The van der Waals surface area contributed by atoms with Gasteiger partial charge in [-0.1, -0.05) is 13.8 Å². The zero-order valence-corrected chi connectivity index (χ0v) is 11.1. The zero-order valence-electron chi connectivity index (χ0n) is 10.3. The van der Waals surface area contributed by atoms with E-state index in [4.69, 9.17) is 5.73 Å². The van der Waals surface area contributed by atoms with Crippen LogP contribution in [0.4, 0.5) is 10.1 Å². The van der Waals surface area contributed by atoms with Gasteiger partial charge >= 0.3 is 0 Å². The Morgan fingerprint density at radius 3 is 2.53 bits per heavy atom. The summed E-state index contributed by atoms with van der Waals surface area (Å²) in [7, 11) is -1.16. The van der Waals surface area contributed by atoms with Crippen LogP contribution in [-0.2, 0) is 10.8 Å². The van der Waals surface area contributed by atoms with E-state index in [1.165, 1.54) is 12.1 Å². The third-order valence-electron chi connectivity index (χ3n) is 2.72. The van der Waals surface area contributed by atoms with E-state index in [1.54, 1.807) is 6.07 Å². The molecule has 3 nitrogen and oxygen atoms in total. The van der Waals surface area contributed by atoms with Gasteiger partial charge in [0.05, 0.1) is 16.5 Å². The molecular formula is C12H19FN2OS. The second kappa shape index (κ2) is 6.71. The van der Waals surface area contributed by atoms with Crippen LogP contribution < -0.4 is 5.73 Å². The average Bonchev–Trinajstić information content (AvgIpc) is 2.33. The lowest BCUT2D eigenvalue weighted by Crippen LogP contribution is -2.27. The van der Waals surface area contributed by atoms with Crippen LogP contribution in [-0.4, -0.2) is 34.5 Å². The Hall–Kier alpha value is -0.940. The van der Waals surface area contributed by atoms with Crippen molar-refractivity contribution in [2.24, 2.45) is 0 Å². The molecule has 0 bridgehead atoms. The maximum atomic E-state index is 13.2. The third kappa shape index (κ3) is 4.09. The lowest BCUT2D eigenvalue weighted by Gasteiger charge is -2.17. The van der Waals surface area contributed by atoms with E-state index >= 15 is 0 Å². The zero-order chi connectivity index (χ0) is 12.8. The SMILES string of the molecule is CCN(CC)CCS(=O)c1ccc(N)c(F)c1. The summed E-state index contributed by atoms with van der Waals surface area (Å²) in [5, 5.41) is 0. The second-order valence-corrected chi connectivity index (χ2v) is 5.33. The summed E-state index contributed by atoms with van der Waals surface area (Å²) in [5.74, 6) is 0.0177. The van der Waals surface area contributed by atoms with Gasteiger partial charge in [-0.05, 0) is 31.3 Å². The molecule has 0 aliphatic rings. The monoisotopic (exact) mass is 258 g/mol. The average molecular weight is 258 g/mol. The van der Waals surface area contributed by atoms with E-state index in [1.807, 2.05) is 0 Å². The van der Waals surface area contributed by atoms with Crippen molar-refractivity contribution in [3.8, 4) is 0 Å². The topological polar surface area (TPSA) is 46.3 Å². The van der Waals surface area contributed by atoms with Crippen LogP contribution >= 0.6 is 0 Å². The van der Waals surface area contributed by atoms with Gasteiger partial charge in [0.1, 0.15) is 5.82 Å². The van der Waals surface area contributed by atoms with Crippen molar-refractivity contribution in [3.05, 3.63) is 24.0 Å². The molecule has 0 heterocycles. The molecule has 96 valence electrons. The highest BCUT2D eigenvalue weighted by molar-refractivity contribution is 7.85. The van der Waals surface area contributed by atoms with Crippen molar-refractivity contribution >= 4 is 16.5 Å². The summed E-state index contributed by atoms with van der Waals surface area (Å²) in [4.78, 5) is 2.69. The molecule has 0 radical (unpaired) electrons. The summed E-state index contributed by atoms with van der Waals surface area (Å²) >= 11 is 0. The fourth-order valence-corrected chi connectivity index (χ4v) is 2.63. The molecule has 0 aliphatic heterocycles. The molecule has 1 unspecified atom stereocenters. The van der Waals surface area contributed by atoms with Gasteiger partial charge in [-0.25, -0.2) is 4.39 Å². The van der Waals surface area contributed by atoms with Crippen molar-refractivity contribution in [1.82, 2.24) is 4.90 Å². The van der Waals surface area contributed by atoms with Gasteiger partial charge in [-0.3, -0.25) is 4.21 Å². The van der Waals surface area contributed by atoms with Crippen molar-refractivity contribution < 1.29 is 8.60 Å². The van der Waals surface area contributed by atoms with Gasteiger partial charge in [-0.15, -0.1) is 0 Å². The Bertz CT molecular complexity index is 394. The maximum Gasteiger partial charge on any atom is 0.147 e. The summed E-state index contributed by atoms with van der Waals surface area (Å²) in [5.41, 5.74) is 5.46. The fraction of sp³-hybridized carbons (Fsp3) is 0.500. The van der Waals surface area contributed by atoms with E-state index in [0.717, 1.165) is 19.6 Å². The molecule has 0 aliphatic carbocycles. The lowest BCUT2D eigenvalue weighted by atomic mass is 10.3. The molecule has 1 rings (SSSR count). The summed E-state index contributed by atoms with van der Waals surface area (Å²) in [6, 6.07) is 4.34. The number of anilines is 1. The molecule has 0 aromatic heterocycles. The maximum absolute atomic E-state index is 13.2.